The van der Waals surface area contributed by atoms with Gasteiger partial charge < -0.3 is 4.90 Å². The number of aryl methyl sites for hydroxylation is 2. The van der Waals surface area contributed by atoms with Crippen molar-refractivity contribution in [3.8, 4) is 0 Å². The van der Waals surface area contributed by atoms with E-state index < -0.39 is 0 Å². The number of benzene rings is 1. The van der Waals surface area contributed by atoms with Crippen molar-refractivity contribution in [2.45, 2.75) is 33.1 Å². The molecule has 0 fully saturated rings. The molecular formula is C14H19N. The van der Waals surface area contributed by atoms with Gasteiger partial charge in [-0.3, -0.25) is 0 Å². The Morgan fingerprint density at radius 2 is 1.67 bits per heavy atom. The van der Waals surface area contributed by atoms with E-state index in [1.165, 1.54) is 28.1 Å². The maximum Gasteiger partial charge on any atom is 0.0450 e. The summed E-state index contributed by atoms with van der Waals surface area (Å²) in [5, 5.41) is 0. The average molecular weight is 201 g/mol. The maximum absolute atomic E-state index is 4.19. The van der Waals surface area contributed by atoms with Gasteiger partial charge in [0.15, 0.2) is 0 Å². The molecule has 1 aliphatic rings. The molecule has 1 heteroatoms. The zero-order chi connectivity index (χ0) is 11.4. The standard InChI is InChI=1S/C14H19N/c1-9-7-12-13(8-10(9)2)15(6)11(3)14(12,4)5/h7-8H,3H2,1-2,4-6H3. The van der Waals surface area contributed by atoms with Crippen molar-refractivity contribution in [3.63, 3.8) is 0 Å². The number of likely N-dealkylation sites (N-methyl/N-ethyl adjacent to an activating group) is 1. The lowest BCUT2D eigenvalue weighted by molar-refractivity contribution is 0.642. The molecule has 0 atom stereocenters. The second kappa shape index (κ2) is 2.88. The van der Waals surface area contributed by atoms with Crippen molar-refractivity contribution in [1.29, 1.82) is 0 Å². The predicted molar refractivity (Wildman–Crippen MR) is 66.5 cm³/mol. The van der Waals surface area contributed by atoms with Gasteiger partial charge in [0.05, 0.1) is 0 Å². The van der Waals surface area contributed by atoms with Gasteiger partial charge in [-0.15, -0.1) is 0 Å². The molecule has 1 nitrogen and oxygen atoms in total. The summed E-state index contributed by atoms with van der Waals surface area (Å²) in [7, 11) is 2.10. The van der Waals surface area contributed by atoms with Gasteiger partial charge >= 0.3 is 0 Å². The minimum Gasteiger partial charge on any atom is -0.348 e. The summed E-state index contributed by atoms with van der Waals surface area (Å²) in [6.07, 6.45) is 0. The SMILES string of the molecule is C=C1N(C)c2cc(C)c(C)cc2C1(C)C. The van der Waals surface area contributed by atoms with Crippen LogP contribution in [0.25, 0.3) is 0 Å². The quantitative estimate of drug-likeness (QED) is 0.620. The van der Waals surface area contributed by atoms with E-state index in [1.807, 2.05) is 0 Å². The van der Waals surface area contributed by atoms with Gasteiger partial charge in [-0.2, -0.15) is 0 Å². The van der Waals surface area contributed by atoms with Crippen molar-refractivity contribution in [1.82, 2.24) is 0 Å². The third-order valence-corrected chi connectivity index (χ3v) is 3.77. The third-order valence-electron chi connectivity index (χ3n) is 3.77. The lowest BCUT2D eigenvalue weighted by Crippen LogP contribution is -2.21. The minimum absolute atomic E-state index is 0.0720. The van der Waals surface area contributed by atoms with E-state index in [9.17, 15) is 0 Å². The van der Waals surface area contributed by atoms with E-state index in [2.05, 4.69) is 58.4 Å². The fourth-order valence-corrected chi connectivity index (χ4v) is 2.30. The number of anilines is 1. The first kappa shape index (κ1) is 10.3. The Morgan fingerprint density at radius 3 is 2.27 bits per heavy atom. The van der Waals surface area contributed by atoms with Crippen molar-refractivity contribution in [3.05, 3.63) is 41.1 Å². The smallest absolute Gasteiger partial charge is 0.0450 e. The van der Waals surface area contributed by atoms with E-state index in [0.29, 0.717) is 0 Å². The van der Waals surface area contributed by atoms with Crippen LogP contribution in [0.3, 0.4) is 0 Å². The van der Waals surface area contributed by atoms with Gasteiger partial charge in [-0.1, -0.05) is 26.5 Å². The van der Waals surface area contributed by atoms with Crippen LogP contribution >= 0.6 is 0 Å². The second-order valence-electron chi connectivity index (χ2n) is 5.08. The Balaban J connectivity index is 2.72. The van der Waals surface area contributed by atoms with Crippen molar-refractivity contribution < 1.29 is 0 Å². The lowest BCUT2D eigenvalue weighted by Gasteiger charge is -2.22. The lowest BCUT2D eigenvalue weighted by atomic mass is 9.83. The number of hydrogen-bond acceptors (Lipinski definition) is 1. The molecule has 0 saturated heterocycles. The molecule has 0 saturated carbocycles. The van der Waals surface area contributed by atoms with Crippen LogP contribution in [0.15, 0.2) is 24.4 Å². The van der Waals surface area contributed by atoms with Crippen LogP contribution in [0.1, 0.15) is 30.5 Å². The summed E-state index contributed by atoms with van der Waals surface area (Å²) in [5.41, 5.74) is 6.69. The number of rotatable bonds is 0. The molecule has 1 heterocycles. The molecule has 0 N–H and O–H groups in total. The number of nitrogens with zero attached hydrogens (tertiary/aromatic N) is 1. The van der Waals surface area contributed by atoms with E-state index in [1.54, 1.807) is 0 Å². The Bertz CT molecular complexity index is 441. The number of hydrogen-bond donors (Lipinski definition) is 0. The molecule has 2 rings (SSSR count). The van der Waals surface area contributed by atoms with E-state index in [-0.39, 0.29) is 5.41 Å². The minimum atomic E-state index is 0.0720. The molecule has 0 spiro atoms. The highest BCUT2D eigenvalue weighted by Gasteiger charge is 2.37. The molecule has 0 aromatic heterocycles. The highest BCUT2D eigenvalue weighted by atomic mass is 15.1. The molecular weight excluding hydrogens is 182 g/mol. The summed E-state index contributed by atoms with van der Waals surface area (Å²) >= 11 is 0. The summed E-state index contributed by atoms with van der Waals surface area (Å²) in [6.45, 7) is 13.0. The summed E-state index contributed by atoms with van der Waals surface area (Å²) < 4.78 is 0. The van der Waals surface area contributed by atoms with Gasteiger partial charge in [0.25, 0.3) is 0 Å². The van der Waals surface area contributed by atoms with E-state index in [0.717, 1.165) is 0 Å². The highest BCUT2D eigenvalue weighted by molar-refractivity contribution is 5.71. The van der Waals surface area contributed by atoms with Crippen molar-refractivity contribution in [2.75, 3.05) is 11.9 Å². The van der Waals surface area contributed by atoms with Crippen LogP contribution < -0.4 is 4.90 Å². The Labute approximate surface area is 92.4 Å². The maximum atomic E-state index is 4.19. The molecule has 1 aromatic rings. The molecule has 1 aliphatic heterocycles. The summed E-state index contributed by atoms with van der Waals surface area (Å²) in [6, 6.07) is 4.57. The van der Waals surface area contributed by atoms with Crippen LogP contribution in [0.5, 0.6) is 0 Å². The summed E-state index contributed by atoms with van der Waals surface area (Å²) in [5.74, 6) is 0. The fraction of sp³-hybridized carbons (Fsp3) is 0.429. The van der Waals surface area contributed by atoms with Crippen LogP contribution in [-0.2, 0) is 5.41 Å². The zero-order valence-electron chi connectivity index (χ0n) is 10.3. The first-order valence-corrected chi connectivity index (χ1v) is 5.40. The normalized spacial score (nSPS) is 18.2. The number of allylic oxidation sites excluding steroid dienone is 1. The largest absolute Gasteiger partial charge is 0.348 e. The molecule has 0 amide bonds. The number of fused-ring (bicyclic) bond motifs is 1. The zero-order valence-corrected chi connectivity index (χ0v) is 10.3. The fourth-order valence-electron chi connectivity index (χ4n) is 2.30. The molecule has 80 valence electrons. The molecule has 0 unspecified atom stereocenters. The molecule has 0 bridgehead atoms. The molecule has 15 heavy (non-hydrogen) atoms. The van der Waals surface area contributed by atoms with Crippen molar-refractivity contribution in [2.24, 2.45) is 0 Å². The monoisotopic (exact) mass is 201 g/mol. The van der Waals surface area contributed by atoms with E-state index >= 15 is 0 Å². The van der Waals surface area contributed by atoms with Gasteiger partial charge in [0.2, 0.25) is 0 Å². The Kier molecular flexibility index (Phi) is 1.97. The first-order valence-electron chi connectivity index (χ1n) is 5.40. The van der Waals surface area contributed by atoms with Crippen LogP contribution in [0, 0.1) is 13.8 Å². The highest BCUT2D eigenvalue weighted by Crippen LogP contribution is 2.46. The van der Waals surface area contributed by atoms with Crippen LogP contribution in [-0.4, -0.2) is 7.05 Å². The molecule has 0 radical (unpaired) electrons. The van der Waals surface area contributed by atoms with Gasteiger partial charge in [0.1, 0.15) is 0 Å². The average Bonchev–Trinajstić information content (AvgIpc) is 2.32. The van der Waals surface area contributed by atoms with Gasteiger partial charge in [-0.05, 0) is 36.6 Å². The third kappa shape index (κ3) is 1.22. The first-order chi connectivity index (χ1) is 6.85. The Morgan fingerprint density at radius 1 is 1.13 bits per heavy atom. The molecule has 1 aromatic carbocycles. The van der Waals surface area contributed by atoms with Gasteiger partial charge in [-0.25, -0.2) is 0 Å². The predicted octanol–water partition coefficient (Wildman–Crippen LogP) is 3.54. The molecule has 0 aliphatic carbocycles. The van der Waals surface area contributed by atoms with Crippen LogP contribution in [0.2, 0.25) is 0 Å². The summed E-state index contributed by atoms with van der Waals surface area (Å²) in [4.78, 5) is 2.21. The van der Waals surface area contributed by atoms with Crippen LogP contribution in [0.4, 0.5) is 5.69 Å². The van der Waals surface area contributed by atoms with E-state index in [4.69, 9.17) is 0 Å². The van der Waals surface area contributed by atoms with Crippen molar-refractivity contribution >= 4 is 5.69 Å². The Hall–Kier alpha value is -1.24. The second-order valence-corrected chi connectivity index (χ2v) is 5.08. The van der Waals surface area contributed by atoms with Gasteiger partial charge in [0, 0.05) is 23.8 Å². The topological polar surface area (TPSA) is 3.24 Å².